The van der Waals surface area contributed by atoms with Crippen molar-refractivity contribution in [3.8, 4) is 11.1 Å². The zero-order valence-electron chi connectivity index (χ0n) is 10.9. The standard InChI is InChI=1S/C14H14F3N3/c1-9-12(10-5-3-2-4-6-10)13-18-8-7-11(14(15,16)17)20(13)19-9/h2-6,11,18H,7-8H2,1H3. The van der Waals surface area contributed by atoms with Gasteiger partial charge in [0.15, 0.2) is 6.04 Å². The van der Waals surface area contributed by atoms with Crippen LogP contribution in [0, 0.1) is 6.92 Å². The van der Waals surface area contributed by atoms with Gasteiger partial charge in [-0.2, -0.15) is 18.3 Å². The lowest BCUT2D eigenvalue weighted by atomic mass is 10.0. The highest BCUT2D eigenvalue weighted by molar-refractivity contribution is 5.78. The second-order valence-corrected chi connectivity index (χ2v) is 4.89. The van der Waals surface area contributed by atoms with Gasteiger partial charge in [-0.25, -0.2) is 4.68 Å². The summed E-state index contributed by atoms with van der Waals surface area (Å²) in [6, 6.07) is 7.81. The van der Waals surface area contributed by atoms with Crippen molar-refractivity contribution in [1.29, 1.82) is 0 Å². The van der Waals surface area contributed by atoms with Crippen molar-refractivity contribution in [2.45, 2.75) is 25.6 Å². The maximum Gasteiger partial charge on any atom is 0.410 e. The molecule has 1 aliphatic rings. The van der Waals surface area contributed by atoms with Crippen LogP contribution in [0.5, 0.6) is 0 Å². The average molecular weight is 281 g/mol. The highest BCUT2D eigenvalue weighted by Gasteiger charge is 2.44. The van der Waals surface area contributed by atoms with Crippen molar-refractivity contribution in [2.24, 2.45) is 0 Å². The molecule has 0 aliphatic carbocycles. The summed E-state index contributed by atoms with van der Waals surface area (Å²) >= 11 is 0. The maximum atomic E-state index is 13.1. The summed E-state index contributed by atoms with van der Waals surface area (Å²) in [7, 11) is 0. The summed E-state index contributed by atoms with van der Waals surface area (Å²) < 4.78 is 40.3. The van der Waals surface area contributed by atoms with E-state index < -0.39 is 12.2 Å². The van der Waals surface area contributed by atoms with Crippen LogP contribution >= 0.6 is 0 Å². The Kier molecular flexibility index (Phi) is 2.96. The van der Waals surface area contributed by atoms with E-state index >= 15 is 0 Å². The van der Waals surface area contributed by atoms with Gasteiger partial charge in [-0.15, -0.1) is 0 Å². The number of nitrogens with zero attached hydrogens (tertiary/aromatic N) is 2. The predicted octanol–water partition coefficient (Wildman–Crippen LogP) is 3.78. The third kappa shape index (κ3) is 2.05. The number of fused-ring (bicyclic) bond motifs is 1. The van der Waals surface area contributed by atoms with Gasteiger partial charge < -0.3 is 5.32 Å². The van der Waals surface area contributed by atoms with Crippen molar-refractivity contribution in [1.82, 2.24) is 9.78 Å². The Bertz CT molecular complexity index is 617. The second-order valence-electron chi connectivity index (χ2n) is 4.89. The molecule has 1 N–H and O–H groups in total. The minimum atomic E-state index is -4.27. The summed E-state index contributed by atoms with van der Waals surface area (Å²) in [4.78, 5) is 0. The Labute approximate surface area is 114 Å². The topological polar surface area (TPSA) is 29.9 Å². The van der Waals surface area contributed by atoms with E-state index in [1.54, 1.807) is 6.92 Å². The fourth-order valence-corrected chi connectivity index (χ4v) is 2.64. The highest BCUT2D eigenvalue weighted by atomic mass is 19.4. The quantitative estimate of drug-likeness (QED) is 0.862. The molecular formula is C14H14F3N3. The van der Waals surface area contributed by atoms with E-state index in [0.29, 0.717) is 18.1 Å². The Morgan fingerprint density at radius 1 is 1.25 bits per heavy atom. The molecule has 1 unspecified atom stereocenters. The number of rotatable bonds is 1. The lowest BCUT2D eigenvalue weighted by Crippen LogP contribution is -2.34. The molecule has 3 rings (SSSR count). The van der Waals surface area contributed by atoms with Crippen LogP contribution in [0.15, 0.2) is 30.3 Å². The van der Waals surface area contributed by atoms with E-state index in [2.05, 4.69) is 10.4 Å². The van der Waals surface area contributed by atoms with Gasteiger partial charge in [-0.3, -0.25) is 0 Å². The number of hydrogen-bond acceptors (Lipinski definition) is 2. The van der Waals surface area contributed by atoms with Gasteiger partial charge in [0.2, 0.25) is 0 Å². The number of hydrogen-bond donors (Lipinski definition) is 1. The minimum Gasteiger partial charge on any atom is -0.370 e. The zero-order chi connectivity index (χ0) is 14.3. The van der Waals surface area contributed by atoms with Crippen LogP contribution in [-0.2, 0) is 0 Å². The fraction of sp³-hybridized carbons (Fsp3) is 0.357. The number of aryl methyl sites for hydroxylation is 1. The SMILES string of the molecule is Cc1nn2c(c1-c1ccccc1)NCCC2C(F)(F)F. The molecule has 0 spiro atoms. The Balaban J connectivity index is 2.14. The first-order chi connectivity index (χ1) is 9.48. The van der Waals surface area contributed by atoms with Crippen LogP contribution in [0.2, 0.25) is 0 Å². The first kappa shape index (κ1) is 13.0. The first-order valence-electron chi connectivity index (χ1n) is 6.43. The molecule has 106 valence electrons. The van der Waals surface area contributed by atoms with Gasteiger partial charge in [-0.1, -0.05) is 30.3 Å². The number of halogens is 3. The molecule has 1 aliphatic heterocycles. The zero-order valence-corrected chi connectivity index (χ0v) is 10.9. The molecule has 3 nitrogen and oxygen atoms in total. The smallest absolute Gasteiger partial charge is 0.370 e. The molecule has 0 saturated heterocycles. The van der Waals surface area contributed by atoms with Crippen molar-refractivity contribution < 1.29 is 13.2 Å². The van der Waals surface area contributed by atoms with Gasteiger partial charge in [0.25, 0.3) is 0 Å². The summed E-state index contributed by atoms with van der Waals surface area (Å²) in [5.41, 5.74) is 2.23. The maximum absolute atomic E-state index is 13.1. The van der Waals surface area contributed by atoms with Gasteiger partial charge in [-0.05, 0) is 18.9 Å². The lowest BCUT2D eigenvalue weighted by Gasteiger charge is -2.28. The summed E-state index contributed by atoms with van der Waals surface area (Å²) in [5.74, 6) is 0.460. The summed E-state index contributed by atoms with van der Waals surface area (Å²) in [5, 5.41) is 7.16. The molecule has 1 atom stereocenters. The Hall–Kier alpha value is -1.98. The van der Waals surface area contributed by atoms with E-state index in [4.69, 9.17) is 0 Å². The lowest BCUT2D eigenvalue weighted by molar-refractivity contribution is -0.171. The molecule has 0 saturated carbocycles. The van der Waals surface area contributed by atoms with Crippen molar-refractivity contribution in [2.75, 3.05) is 11.9 Å². The Morgan fingerprint density at radius 2 is 1.95 bits per heavy atom. The molecule has 20 heavy (non-hydrogen) atoms. The van der Waals surface area contributed by atoms with Crippen LogP contribution in [0.4, 0.5) is 19.0 Å². The fourth-order valence-electron chi connectivity index (χ4n) is 2.64. The van der Waals surface area contributed by atoms with Crippen LogP contribution in [0.3, 0.4) is 0 Å². The van der Waals surface area contributed by atoms with Crippen molar-refractivity contribution in [3.05, 3.63) is 36.0 Å². The molecule has 0 radical (unpaired) electrons. The monoisotopic (exact) mass is 281 g/mol. The number of anilines is 1. The third-order valence-corrected chi connectivity index (χ3v) is 3.53. The average Bonchev–Trinajstić information content (AvgIpc) is 2.74. The molecule has 6 heteroatoms. The molecule has 2 heterocycles. The minimum absolute atomic E-state index is 0.00580. The predicted molar refractivity (Wildman–Crippen MR) is 70.6 cm³/mol. The van der Waals surface area contributed by atoms with Gasteiger partial charge in [0.1, 0.15) is 5.82 Å². The molecule has 1 aromatic heterocycles. The van der Waals surface area contributed by atoms with E-state index in [1.807, 2.05) is 30.3 Å². The molecule has 0 bridgehead atoms. The third-order valence-electron chi connectivity index (χ3n) is 3.53. The molecule has 2 aromatic rings. The van der Waals surface area contributed by atoms with E-state index in [-0.39, 0.29) is 6.42 Å². The van der Waals surface area contributed by atoms with E-state index in [0.717, 1.165) is 15.8 Å². The van der Waals surface area contributed by atoms with Gasteiger partial charge >= 0.3 is 6.18 Å². The van der Waals surface area contributed by atoms with E-state index in [1.165, 1.54) is 0 Å². The molecular weight excluding hydrogens is 267 g/mol. The summed E-state index contributed by atoms with van der Waals surface area (Å²) in [6.45, 7) is 2.04. The summed E-state index contributed by atoms with van der Waals surface area (Å²) in [6.07, 6.45) is -4.27. The van der Waals surface area contributed by atoms with Crippen LogP contribution in [0.25, 0.3) is 11.1 Å². The number of nitrogens with one attached hydrogen (secondary N) is 1. The highest BCUT2D eigenvalue weighted by Crippen LogP contribution is 2.41. The van der Waals surface area contributed by atoms with Crippen molar-refractivity contribution >= 4 is 5.82 Å². The van der Waals surface area contributed by atoms with Crippen LogP contribution in [0.1, 0.15) is 18.2 Å². The molecule has 0 amide bonds. The van der Waals surface area contributed by atoms with Crippen molar-refractivity contribution in [3.63, 3.8) is 0 Å². The largest absolute Gasteiger partial charge is 0.410 e. The van der Waals surface area contributed by atoms with E-state index in [9.17, 15) is 13.2 Å². The Morgan fingerprint density at radius 3 is 2.60 bits per heavy atom. The number of aromatic nitrogens is 2. The first-order valence-corrected chi connectivity index (χ1v) is 6.43. The second kappa shape index (κ2) is 4.54. The van der Waals surface area contributed by atoms with Crippen LogP contribution in [-0.4, -0.2) is 22.5 Å². The number of alkyl halides is 3. The normalized spacial score (nSPS) is 18.5. The van der Waals surface area contributed by atoms with Gasteiger partial charge in [0.05, 0.1) is 5.69 Å². The van der Waals surface area contributed by atoms with Crippen LogP contribution < -0.4 is 5.32 Å². The molecule has 1 aromatic carbocycles. The molecule has 0 fully saturated rings. The number of benzene rings is 1. The van der Waals surface area contributed by atoms with Gasteiger partial charge in [0, 0.05) is 12.1 Å².